The molecule has 0 aliphatic carbocycles. The average molecular weight is 312 g/mol. The van der Waals surface area contributed by atoms with Crippen LogP contribution in [0.5, 0.6) is 0 Å². The van der Waals surface area contributed by atoms with E-state index in [2.05, 4.69) is 5.10 Å². The second-order valence-corrected chi connectivity index (χ2v) is 7.70. The van der Waals surface area contributed by atoms with E-state index in [0.29, 0.717) is 26.1 Å². The fourth-order valence-electron chi connectivity index (χ4n) is 3.09. The summed E-state index contributed by atoms with van der Waals surface area (Å²) in [7, 11) is -3.21. The van der Waals surface area contributed by atoms with Gasteiger partial charge in [0.15, 0.2) is 0 Å². The number of aromatic nitrogens is 2. The molecule has 0 radical (unpaired) electrons. The Balaban J connectivity index is 1.63. The molecule has 0 unspecified atom stereocenters. The summed E-state index contributed by atoms with van der Waals surface area (Å²) in [4.78, 5) is 14.2. The number of carbonyl (C=O) groups is 1. The van der Waals surface area contributed by atoms with Gasteiger partial charge in [-0.2, -0.15) is 9.40 Å². The first-order valence-corrected chi connectivity index (χ1v) is 8.92. The molecule has 0 N–H and O–H groups in total. The SMILES string of the molecule is O=C(CN1CCCS1(=O)=O)N1CCC[C@H]1Cn1cccn1. The minimum Gasteiger partial charge on any atom is -0.337 e. The van der Waals surface area contributed by atoms with Gasteiger partial charge >= 0.3 is 0 Å². The highest BCUT2D eigenvalue weighted by Gasteiger charge is 2.34. The van der Waals surface area contributed by atoms with Gasteiger partial charge in [0.05, 0.1) is 24.9 Å². The lowest BCUT2D eigenvalue weighted by atomic mass is 10.2. The molecule has 8 heteroatoms. The van der Waals surface area contributed by atoms with Crippen LogP contribution in [-0.4, -0.2) is 64.7 Å². The Kier molecular flexibility index (Phi) is 3.99. The lowest BCUT2D eigenvalue weighted by molar-refractivity contribution is -0.132. The van der Waals surface area contributed by atoms with Crippen molar-refractivity contribution in [3.63, 3.8) is 0 Å². The molecule has 1 aromatic rings. The quantitative estimate of drug-likeness (QED) is 0.779. The van der Waals surface area contributed by atoms with Crippen LogP contribution < -0.4 is 0 Å². The summed E-state index contributed by atoms with van der Waals surface area (Å²) < 4.78 is 26.7. The second-order valence-electron chi connectivity index (χ2n) is 5.61. The number of hydrogen-bond donors (Lipinski definition) is 0. The van der Waals surface area contributed by atoms with Crippen LogP contribution in [-0.2, 0) is 21.4 Å². The van der Waals surface area contributed by atoms with Gasteiger partial charge in [0.2, 0.25) is 15.9 Å². The third-order valence-electron chi connectivity index (χ3n) is 4.17. The summed E-state index contributed by atoms with van der Waals surface area (Å²) in [6.07, 6.45) is 6.12. The van der Waals surface area contributed by atoms with E-state index in [1.165, 1.54) is 4.31 Å². The van der Waals surface area contributed by atoms with Crippen molar-refractivity contribution in [2.75, 3.05) is 25.4 Å². The molecule has 2 saturated heterocycles. The highest BCUT2D eigenvalue weighted by Crippen LogP contribution is 2.20. The predicted octanol–water partition coefficient (Wildman–Crippen LogP) is -0.0904. The Hall–Kier alpha value is -1.41. The first-order chi connectivity index (χ1) is 10.1. The maximum absolute atomic E-state index is 12.4. The van der Waals surface area contributed by atoms with Crippen molar-refractivity contribution in [2.45, 2.75) is 31.8 Å². The van der Waals surface area contributed by atoms with E-state index < -0.39 is 10.0 Å². The molecule has 0 bridgehead atoms. The van der Waals surface area contributed by atoms with Crippen molar-refractivity contribution in [3.8, 4) is 0 Å². The van der Waals surface area contributed by atoms with Gasteiger partial charge < -0.3 is 4.90 Å². The van der Waals surface area contributed by atoms with E-state index in [-0.39, 0.29) is 24.2 Å². The molecule has 1 aromatic heterocycles. The smallest absolute Gasteiger partial charge is 0.238 e. The average Bonchev–Trinajstić information content (AvgIpc) is 3.13. The summed E-state index contributed by atoms with van der Waals surface area (Å²) in [5.41, 5.74) is 0. The molecule has 7 nitrogen and oxygen atoms in total. The van der Waals surface area contributed by atoms with Crippen LogP contribution >= 0.6 is 0 Å². The monoisotopic (exact) mass is 312 g/mol. The van der Waals surface area contributed by atoms with Gasteiger partial charge in [-0.15, -0.1) is 0 Å². The van der Waals surface area contributed by atoms with E-state index in [9.17, 15) is 13.2 Å². The number of carbonyl (C=O) groups excluding carboxylic acids is 1. The molecular formula is C13H20N4O3S. The summed E-state index contributed by atoms with van der Waals surface area (Å²) in [6.45, 7) is 1.83. The molecule has 0 spiro atoms. The Labute approximate surface area is 124 Å². The summed E-state index contributed by atoms with van der Waals surface area (Å²) in [5.74, 6) is 0.0758. The van der Waals surface area contributed by atoms with Crippen LogP contribution in [0.4, 0.5) is 0 Å². The van der Waals surface area contributed by atoms with Crippen LogP contribution in [0.1, 0.15) is 19.3 Å². The molecule has 1 amide bonds. The molecule has 0 aromatic carbocycles. The van der Waals surface area contributed by atoms with Crippen molar-refractivity contribution in [1.82, 2.24) is 19.0 Å². The molecule has 3 rings (SSSR count). The van der Waals surface area contributed by atoms with Gasteiger partial charge in [-0.3, -0.25) is 9.48 Å². The highest BCUT2D eigenvalue weighted by atomic mass is 32.2. The molecule has 116 valence electrons. The Bertz CT molecular complexity index is 599. The molecule has 1 atom stereocenters. The second kappa shape index (κ2) is 5.76. The minimum atomic E-state index is -3.21. The first kappa shape index (κ1) is 14.5. The van der Waals surface area contributed by atoms with Gasteiger partial charge in [-0.1, -0.05) is 0 Å². The normalized spacial score (nSPS) is 25.5. The number of rotatable bonds is 4. The Morgan fingerprint density at radius 2 is 2.14 bits per heavy atom. The van der Waals surface area contributed by atoms with Crippen LogP contribution in [0, 0.1) is 0 Å². The number of sulfonamides is 1. The van der Waals surface area contributed by atoms with E-state index in [4.69, 9.17) is 0 Å². The van der Waals surface area contributed by atoms with Gasteiger partial charge in [0, 0.05) is 25.5 Å². The van der Waals surface area contributed by atoms with Gasteiger partial charge in [-0.25, -0.2) is 8.42 Å². The largest absolute Gasteiger partial charge is 0.337 e. The number of nitrogens with zero attached hydrogens (tertiary/aromatic N) is 4. The zero-order chi connectivity index (χ0) is 14.9. The van der Waals surface area contributed by atoms with Gasteiger partial charge in [-0.05, 0) is 25.3 Å². The van der Waals surface area contributed by atoms with Crippen molar-refractivity contribution in [2.24, 2.45) is 0 Å². The summed E-state index contributed by atoms with van der Waals surface area (Å²) >= 11 is 0. The van der Waals surface area contributed by atoms with E-state index >= 15 is 0 Å². The summed E-state index contributed by atoms with van der Waals surface area (Å²) in [6, 6.07) is 1.97. The van der Waals surface area contributed by atoms with Crippen molar-refractivity contribution < 1.29 is 13.2 Å². The van der Waals surface area contributed by atoms with E-state index in [1.807, 2.05) is 21.8 Å². The minimum absolute atomic E-state index is 0.0159. The maximum Gasteiger partial charge on any atom is 0.238 e. The highest BCUT2D eigenvalue weighted by molar-refractivity contribution is 7.89. The van der Waals surface area contributed by atoms with Crippen molar-refractivity contribution in [1.29, 1.82) is 0 Å². The molecule has 21 heavy (non-hydrogen) atoms. The first-order valence-electron chi connectivity index (χ1n) is 7.31. The molecule has 0 saturated carbocycles. The summed E-state index contributed by atoms with van der Waals surface area (Å²) in [5, 5.41) is 4.17. The zero-order valence-electron chi connectivity index (χ0n) is 11.9. The number of likely N-dealkylation sites (tertiary alicyclic amines) is 1. The fraction of sp³-hybridized carbons (Fsp3) is 0.692. The van der Waals surface area contributed by atoms with Gasteiger partial charge in [0.25, 0.3) is 0 Å². The van der Waals surface area contributed by atoms with Crippen molar-refractivity contribution >= 4 is 15.9 Å². The molecule has 2 aliphatic rings. The molecule has 3 heterocycles. The number of hydrogen-bond acceptors (Lipinski definition) is 4. The zero-order valence-corrected chi connectivity index (χ0v) is 12.7. The third kappa shape index (κ3) is 3.11. The number of amides is 1. The maximum atomic E-state index is 12.4. The molecular weight excluding hydrogens is 292 g/mol. The molecule has 2 aliphatic heterocycles. The topological polar surface area (TPSA) is 75.5 Å². The van der Waals surface area contributed by atoms with Crippen LogP contribution in [0.2, 0.25) is 0 Å². The van der Waals surface area contributed by atoms with E-state index in [1.54, 1.807) is 6.20 Å². The Morgan fingerprint density at radius 1 is 1.29 bits per heavy atom. The van der Waals surface area contributed by atoms with Gasteiger partial charge in [0.1, 0.15) is 0 Å². The lowest BCUT2D eigenvalue weighted by Gasteiger charge is -2.26. The van der Waals surface area contributed by atoms with Crippen LogP contribution in [0.15, 0.2) is 18.5 Å². The van der Waals surface area contributed by atoms with Crippen molar-refractivity contribution in [3.05, 3.63) is 18.5 Å². The molecule has 2 fully saturated rings. The lowest BCUT2D eigenvalue weighted by Crippen LogP contribution is -2.44. The third-order valence-corrected chi connectivity index (χ3v) is 6.07. The van der Waals surface area contributed by atoms with Crippen LogP contribution in [0.25, 0.3) is 0 Å². The standard InChI is InChI=1S/C13H20N4O3S/c18-13(11-16-7-3-9-21(16,19)20)17-8-1-4-12(17)10-15-6-2-5-14-15/h2,5-6,12H,1,3-4,7-11H2/t12-/m0/s1. The Morgan fingerprint density at radius 3 is 2.81 bits per heavy atom. The fourth-order valence-corrected chi connectivity index (χ4v) is 4.56. The predicted molar refractivity (Wildman–Crippen MR) is 76.9 cm³/mol. The van der Waals surface area contributed by atoms with E-state index in [0.717, 1.165) is 12.8 Å². The van der Waals surface area contributed by atoms with Crippen LogP contribution in [0.3, 0.4) is 0 Å².